The van der Waals surface area contributed by atoms with Gasteiger partial charge < -0.3 is 16.4 Å². The van der Waals surface area contributed by atoms with Gasteiger partial charge in [-0.25, -0.2) is 14.4 Å². The van der Waals surface area contributed by atoms with Crippen molar-refractivity contribution in [1.29, 1.82) is 5.26 Å². The predicted molar refractivity (Wildman–Crippen MR) is 129 cm³/mol. The smallest absolute Gasteiger partial charge is 0.253 e. The number of nitrogens with zero attached hydrogens (tertiary/aromatic N) is 4. The van der Waals surface area contributed by atoms with Gasteiger partial charge in [-0.15, -0.1) is 0 Å². The molecule has 8 nitrogen and oxygen atoms in total. The Morgan fingerprint density at radius 2 is 1.83 bits per heavy atom. The first kappa shape index (κ1) is 23.5. The average molecular weight is 468 g/mol. The average Bonchev–Trinajstić information content (AvgIpc) is 2.90. The minimum Gasteiger partial charge on any atom is -0.368 e. The molecule has 35 heavy (non-hydrogen) atoms. The summed E-state index contributed by atoms with van der Waals surface area (Å²) in [6.45, 7) is 0.889. The van der Waals surface area contributed by atoms with E-state index in [0.29, 0.717) is 24.2 Å². The molecule has 4 aromatic rings. The third-order valence-electron chi connectivity index (χ3n) is 5.38. The molecule has 0 saturated heterocycles. The van der Waals surface area contributed by atoms with E-state index in [9.17, 15) is 14.4 Å². The van der Waals surface area contributed by atoms with Crippen LogP contribution in [0.2, 0.25) is 0 Å². The van der Waals surface area contributed by atoms with E-state index in [0.717, 1.165) is 16.7 Å². The molecule has 2 heterocycles. The van der Waals surface area contributed by atoms with Gasteiger partial charge in [0.15, 0.2) is 0 Å². The second-order valence-electron chi connectivity index (χ2n) is 7.78. The summed E-state index contributed by atoms with van der Waals surface area (Å²) in [6, 6.07) is 16.8. The molecule has 1 amide bonds. The fourth-order valence-electron chi connectivity index (χ4n) is 3.50. The third kappa shape index (κ3) is 6.01. The molecule has 2 aromatic heterocycles. The Kier molecular flexibility index (Phi) is 7.35. The molecule has 1 atom stereocenters. The van der Waals surface area contributed by atoms with Crippen molar-refractivity contribution in [3.05, 3.63) is 107 Å². The predicted octanol–water partition coefficient (Wildman–Crippen LogP) is 3.39. The van der Waals surface area contributed by atoms with Crippen molar-refractivity contribution in [3.63, 3.8) is 0 Å². The number of amides is 1. The second kappa shape index (κ2) is 11.0. The Hall–Kier alpha value is -4.68. The van der Waals surface area contributed by atoms with Crippen molar-refractivity contribution in [1.82, 2.24) is 25.6 Å². The van der Waals surface area contributed by atoms with E-state index >= 15 is 0 Å². The van der Waals surface area contributed by atoms with Crippen LogP contribution in [0.1, 0.15) is 33.1 Å². The fourth-order valence-corrected chi connectivity index (χ4v) is 3.50. The quantitative estimate of drug-likeness (QED) is 0.362. The van der Waals surface area contributed by atoms with E-state index in [4.69, 9.17) is 5.73 Å². The molecule has 0 radical (unpaired) electrons. The van der Waals surface area contributed by atoms with Crippen LogP contribution in [0.4, 0.5) is 10.3 Å². The maximum absolute atomic E-state index is 13.9. The number of nitrogens with one attached hydrogen (secondary N) is 2. The number of anilines is 1. The number of hydrogen-bond acceptors (Lipinski definition) is 7. The molecule has 0 aliphatic carbocycles. The van der Waals surface area contributed by atoms with Crippen LogP contribution < -0.4 is 16.4 Å². The zero-order valence-electron chi connectivity index (χ0n) is 18.6. The summed E-state index contributed by atoms with van der Waals surface area (Å²) < 4.78 is 13.9. The van der Waals surface area contributed by atoms with Crippen molar-refractivity contribution in [2.75, 3.05) is 12.3 Å². The van der Waals surface area contributed by atoms with Crippen molar-refractivity contribution in [3.8, 4) is 17.2 Å². The van der Waals surface area contributed by atoms with Crippen molar-refractivity contribution in [2.24, 2.45) is 0 Å². The van der Waals surface area contributed by atoms with Gasteiger partial charge in [-0.1, -0.05) is 30.3 Å². The fraction of sp³-hybridized carbons (Fsp3) is 0.115. The molecule has 4 rings (SSSR count). The van der Waals surface area contributed by atoms with E-state index < -0.39 is 11.9 Å². The van der Waals surface area contributed by atoms with E-state index in [1.54, 1.807) is 36.8 Å². The highest BCUT2D eigenvalue weighted by Crippen LogP contribution is 2.20. The lowest BCUT2D eigenvalue weighted by Crippen LogP contribution is -2.35. The summed E-state index contributed by atoms with van der Waals surface area (Å²) in [5, 5.41) is 15.5. The monoisotopic (exact) mass is 467 g/mol. The number of nitrogens with two attached hydrogens (primary N) is 1. The number of carbonyl (C=O) groups is 1. The molecule has 2 aromatic carbocycles. The third-order valence-corrected chi connectivity index (χ3v) is 5.38. The van der Waals surface area contributed by atoms with Gasteiger partial charge in [0.1, 0.15) is 11.9 Å². The standard InChI is InChI=1S/C26H22FN7O/c27-23-8-7-19(10-21(23)11-28)24(34-25(35)20-2-1-9-30-13-20)16-31-12-17-3-5-18(6-4-17)22-14-32-26(29)33-15-22/h1-10,13-15,24,31H,12,16H2,(H,34,35)(H2,29,32,33)/t24-/m1/s1. The molecular formula is C26H22FN7O. The molecule has 4 N–H and O–H groups in total. The zero-order valence-corrected chi connectivity index (χ0v) is 18.6. The lowest BCUT2D eigenvalue weighted by atomic mass is 10.0. The first-order valence-corrected chi connectivity index (χ1v) is 10.8. The summed E-state index contributed by atoms with van der Waals surface area (Å²) in [6.07, 6.45) is 6.39. The van der Waals surface area contributed by atoms with Crippen LogP contribution in [-0.4, -0.2) is 27.4 Å². The molecule has 0 aliphatic heterocycles. The first-order chi connectivity index (χ1) is 17.0. The highest BCUT2D eigenvalue weighted by Gasteiger charge is 2.17. The van der Waals surface area contributed by atoms with Crippen LogP contribution in [0, 0.1) is 17.1 Å². The van der Waals surface area contributed by atoms with Gasteiger partial charge in [0.05, 0.1) is 17.2 Å². The first-order valence-electron chi connectivity index (χ1n) is 10.8. The minimum absolute atomic E-state index is 0.0784. The molecule has 0 fully saturated rings. The summed E-state index contributed by atoms with van der Waals surface area (Å²) in [5.74, 6) is -0.696. The Morgan fingerprint density at radius 3 is 2.51 bits per heavy atom. The van der Waals surface area contributed by atoms with Crippen LogP contribution in [0.5, 0.6) is 0 Å². The maximum Gasteiger partial charge on any atom is 0.253 e. The van der Waals surface area contributed by atoms with Gasteiger partial charge >= 0.3 is 0 Å². The number of benzene rings is 2. The van der Waals surface area contributed by atoms with E-state index in [1.165, 1.54) is 18.3 Å². The largest absolute Gasteiger partial charge is 0.368 e. The number of nitriles is 1. The number of halogens is 1. The number of carbonyl (C=O) groups excluding carboxylic acids is 1. The SMILES string of the molecule is N#Cc1cc([C@@H](CNCc2ccc(-c3cnc(N)nc3)cc2)NC(=O)c2cccnc2)ccc1F. The molecule has 0 bridgehead atoms. The van der Waals surface area contributed by atoms with Crippen molar-refractivity contribution < 1.29 is 9.18 Å². The normalized spacial score (nSPS) is 11.4. The van der Waals surface area contributed by atoms with Crippen LogP contribution in [0.3, 0.4) is 0 Å². The number of rotatable bonds is 8. The Bertz CT molecular complexity index is 1340. The molecule has 174 valence electrons. The van der Waals surface area contributed by atoms with E-state index in [-0.39, 0.29) is 17.4 Å². The lowest BCUT2D eigenvalue weighted by Gasteiger charge is -2.20. The van der Waals surface area contributed by atoms with Gasteiger partial charge in [-0.05, 0) is 41.0 Å². The van der Waals surface area contributed by atoms with Crippen molar-refractivity contribution in [2.45, 2.75) is 12.6 Å². The molecule has 0 saturated carbocycles. The Morgan fingerprint density at radius 1 is 1.06 bits per heavy atom. The van der Waals surface area contributed by atoms with Crippen LogP contribution >= 0.6 is 0 Å². The number of hydrogen-bond donors (Lipinski definition) is 3. The maximum atomic E-state index is 13.9. The van der Waals surface area contributed by atoms with Gasteiger partial charge in [-0.3, -0.25) is 9.78 Å². The van der Waals surface area contributed by atoms with Crippen LogP contribution in [0.25, 0.3) is 11.1 Å². The van der Waals surface area contributed by atoms with E-state index in [1.807, 2.05) is 30.3 Å². The van der Waals surface area contributed by atoms with Gasteiger partial charge in [0, 0.05) is 43.4 Å². The highest BCUT2D eigenvalue weighted by molar-refractivity contribution is 5.94. The van der Waals surface area contributed by atoms with Crippen LogP contribution in [0.15, 0.2) is 79.4 Å². The summed E-state index contributed by atoms with van der Waals surface area (Å²) >= 11 is 0. The zero-order chi connectivity index (χ0) is 24.6. The number of aromatic nitrogens is 3. The van der Waals surface area contributed by atoms with Crippen molar-refractivity contribution >= 4 is 11.9 Å². The van der Waals surface area contributed by atoms with Gasteiger partial charge in [0.2, 0.25) is 5.95 Å². The van der Waals surface area contributed by atoms with E-state index in [2.05, 4.69) is 25.6 Å². The number of nitrogen functional groups attached to an aromatic ring is 1. The molecule has 0 unspecified atom stereocenters. The molecular weight excluding hydrogens is 445 g/mol. The number of pyridine rings is 1. The summed E-state index contributed by atoms with van der Waals surface area (Å²) in [7, 11) is 0. The Labute approximate surface area is 201 Å². The molecule has 0 spiro atoms. The topological polar surface area (TPSA) is 130 Å². The summed E-state index contributed by atoms with van der Waals surface area (Å²) in [4.78, 5) is 24.7. The summed E-state index contributed by atoms with van der Waals surface area (Å²) in [5.41, 5.74) is 9.34. The molecule has 9 heteroatoms. The molecule has 0 aliphatic rings. The van der Waals surface area contributed by atoms with Gasteiger partial charge in [0.25, 0.3) is 5.91 Å². The van der Waals surface area contributed by atoms with Crippen LogP contribution in [-0.2, 0) is 6.54 Å². The second-order valence-corrected chi connectivity index (χ2v) is 7.78. The minimum atomic E-state index is -0.604. The highest BCUT2D eigenvalue weighted by atomic mass is 19.1. The van der Waals surface area contributed by atoms with Gasteiger partial charge in [-0.2, -0.15) is 5.26 Å². The Balaban J connectivity index is 1.45. The lowest BCUT2D eigenvalue weighted by molar-refractivity contribution is 0.0935.